The number of likely N-dealkylation sites (N-methyl/N-ethyl adjacent to an activating group) is 1. The van der Waals surface area contributed by atoms with Gasteiger partial charge in [0.1, 0.15) is 0 Å². The van der Waals surface area contributed by atoms with Gasteiger partial charge in [0, 0.05) is 43.0 Å². The number of carbonyl (C=O) groups excluding carboxylic acids is 2. The molecule has 3 rings (SSSR count). The third kappa shape index (κ3) is 4.85. The van der Waals surface area contributed by atoms with Crippen molar-refractivity contribution in [3.05, 3.63) is 64.7 Å². The topological polar surface area (TPSA) is 52.7 Å². The molecule has 5 nitrogen and oxygen atoms in total. The van der Waals surface area contributed by atoms with Gasteiger partial charge in [-0.05, 0) is 54.8 Å². The molecule has 2 amide bonds. The van der Waals surface area contributed by atoms with E-state index < -0.39 is 0 Å². The van der Waals surface area contributed by atoms with E-state index in [1.807, 2.05) is 11.0 Å². The predicted molar refractivity (Wildman–Crippen MR) is 118 cm³/mol. The van der Waals surface area contributed by atoms with Crippen molar-refractivity contribution in [2.45, 2.75) is 33.6 Å². The Morgan fingerprint density at radius 3 is 1.90 bits per heavy atom. The number of rotatable bonds is 6. The monoisotopic (exact) mass is 393 g/mol. The molecule has 154 valence electrons. The number of para-hydroxylation sites is 1. The van der Waals surface area contributed by atoms with Gasteiger partial charge in [-0.1, -0.05) is 39.0 Å². The van der Waals surface area contributed by atoms with Gasteiger partial charge in [0.25, 0.3) is 11.8 Å². The maximum Gasteiger partial charge on any atom is 0.255 e. The zero-order valence-corrected chi connectivity index (χ0v) is 17.7. The van der Waals surface area contributed by atoms with Crippen molar-refractivity contribution < 1.29 is 9.59 Å². The lowest BCUT2D eigenvalue weighted by Gasteiger charge is -2.34. The zero-order valence-electron chi connectivity index (χ0n) is 17.7. The molecule has 2 aromatic rings. The molecule has 5 heteroatoms. The van der Waals surface area contributed by atoms with Crippen molar-refractivity contribution in [3.8, 4) is 0 Å². The van der Waals surface area contributed by atoms with Gasteiger partial charge in [-0.2, -0.15) is 0 Å². The quantitative estimate of drug-likeness (QED) is 0.811. The summed E-state index contributed by atoms with van der Waals surface area (Å²) in [6.07, 6.45) is 1.73. The molecule has 1 aliphatic rings. The lowest BCUT2D eigenvalue weighted by Crippen LogP contribution is -2.48. The average Bonchev–Trinajstić information content (AvgIpc) is 2.78. The van der Waals surface area contributed by atoms with Crippen molar-refractivity contribution in [1.29, 1.82) is 0 Å². The average molecular weight is 394 g/mol. The maximum atomic E-state index is 12.8. The van der Waals surface area contributed by atoms with Crippen molar-refractivity contribution in [1.82, 2.24) is 9.80 Å². The van der Waals surface area contributed by atoms with Gasteiger partial charge in [-0.15, -0.1) is 0 Å². The second-order valence-corrected chi connectivity index (χ2v) is 7.42. The Kier molecular flexibility index (Phi) is 7.04. The summed E-state index contributed by atoms with van der Waals surface area (Å²) in [4.78, 5) is 29.8. The number of amides is 2. The van der Waals surface area contributed by atoms with Crippen LogP contribution >= 0.6 is 0 Å². The van der Waals surface area contributed by atoms with E-state index in [9.17, 15) is 9.59 Å². The minimum atomic E-state index is -0.142. The van der Waals surface area contributed by atoms with Crippen LogP contribution < -0.4 is 5.32 Å². The van der Waals surface area contributed by atoms with Crippen LogP contribution in [0.5, 0.6) is 0 Å². The Morgan fingerprint density at radius 2 is 1.38 bits per heavy atom. The van der Waals surface area contributed by atoms with Gasteiger partial charge >= 0.3 is 0 Å². The molecule has 0 aliphatic carbocycles. The van der Waals surface area contributed by atoms with Crippen LogP contribution in [-0.4, -0.2) is 54.3 Å². The second kappa shape index (κ2) is 9.70. The lowest BCUT2D eigenvalue weighted by atomic mass is 10.0. The van der Waals surface area contributed by atoms with E-state index in [1.165, 1.54) is 0 Å². The molecule has 1 heterocycles. The van der Waals surface area contributed by atoms with Gasteiger partial charge < -0.3 is 15.1 Å². The van der Waals surface area contributed by atoms with Crippen LogP contribution in [0.4, 0.5) is 5.69 Å². The second-order valence-electron chi connectivity index (χ2n) is 7.42. The Morgan fingerprint density at radius 1 is 0.828 bits per heavy atom. The van der Waals surface area contributed by atoms with Crippen molar-refractivity contribution in [2.75, 3.05) is 38.0 Å². The van der Waals surface area contributed by atoms with Gasteiger partial charge in [-0.3, -0.25) is 9.59 Å². The SMILES string of the molecule is CCc1cccc(CC)c1NC(=O)c1ccc(C(=O)N2CCN(CC)CC2)cc1. The number of hydrogen-bond donors (Lipinski definition) is 1. The van der Waals surface area contributed by atoms with Crippen LogP contribution in [-0.2, 0) is 12.8 Å². The molecular weight excluding hydrogens is 362 g/mol. The molecule has 1 fully saturated rings. The molecule has 0 atom stereocenters. The van der Waals surface area contributed by atoms with Gasteiger partial charge in [0.05, 0.1) is 0 Å². The predicted octanol–water partition coefficient (Wildman–Crippen LogP) is 3.84. The summed E-state index contributed by atoms with van der Waals surface area (Å²) in [5, 5.41) is 3.08. The van der Waals surface area contributed by atoms with Crippen LogP contribution in [0, 0.1) is 0 Å². The molecule has 29 heavy (non-hydrogen) atoms. The molecule has 0 aromatic heterocycles. The molecule has 1 N–H and O–H groups in total. The normalized spacial score (nSPS) is 14.7. The zero-order chi connectivity index (χ0) is 20.8. The van der Waals surface area contributed by atoms with E-state index in [1.54, 1.807) is 24.3 Å². The Bertz CT molecular complexity index is 831. The lowest BCUT2D eigenvalue weighted by molar-refractivity contribution is 0.0643. The Labute approximate surface area is 173 Å². The molecule has 0 radical (unpaired) electrons. The van der Waals surface area contributed by atoms with E-state index >= 15 is 0 Å². The molecular formula is C24H31N3O2. The minimum absolute atomic E-state index is 0.0392. The summed E-state index contributed by atoms with van der Waals surface area (Å²) >= 11 is 0. The number of hydrogen-bond acceptors (Lipinski definition) is 3. The summed E-state index contributed by atoms with van der Waals surface area (Å²) in [6.45, 7) is 10.7. The van der Waals surface area contributed by atoms with Crippen LogP contribution in [0.1, 0.15) is 52.6 Å². The minimum Gasteiger partial charge on any atom is -0.336 e. The van der Waals surface area contributed by atoms with E-state index in [0.29, 0.717) is 11.1 Å². The summed E-state index contributed by atoms with van der Waals surface area (Å²) < 4.78 is 0. The molecule has 0 unspecified atom stereocenters. The van der Waals surface area contributed by atoms with Crippen LogP contribution in [0.25, 0.3) is 0 Å². The number of benzene rings is 2. The molecule has 0 bridgehead atoms. The summed E-state index contributed by atoms with van der Waals surface area (Å²) in [7, 11) is 0. The first-order chi connectivity index (χ1) is 14.1. The maximum absolute atomic E-state index is 12.8. The Hall–Kier alpha value is -2.66. The first kappa shape index (κ1) is 21.1. The van der Waals surface area contributed by atoms with E-state index in [2.05, 4.69) is 43.1 Å². The number of carbonyl (C=O) groups is 2. The largest absolute Gasteiger partial charge is 0.336 e. The first-order valence-corrected chi connectivity index (χ1v) is 10.6. The van der Waals surface area contributed by atoms with Crippen LogP contribution in [0.2, 0.25) is 0 Å². The fraction of sp³-hybridized carbons (Fsp3) is 0.417. The van der Waals surface area contributed by atoms with E-state index in [4.69, 9.17) is 0 Å². The summed E-state index contributed by atoms with van der Waals surface area (Å²) in [5.74, 6) is -0.103. The third-order valence-electron chi connectivity index (χ3n) is 5.74. The summed E-state index contributed by atoms with van der Waals surface area (Å²) in [6, 6.07) is 13.1. The number of aryl methyl sites for hydroxylation is 2. The van der Waals surface area contributed by atoms with Crippen molar-refractivity contribution >= 4 is 17.5 Å². The number of anilines is 1. The smallest absolute Gasteiger partial charge is 0.255 e. The third-order valence-corrected chi connectivity index (χ3v) is 5.74. The molecule has 0 saturated carbocycles. The molecule has 2 aromatic carbocycles. The van der Waals surface area contributed by atoms with Crippen LogP contribution in [0.3, 0.4) is 0 Å². The van der Waals surface area contributed by atoms with Crippen molar-refractivity contribution in [2.24, 2.45) is 0 Å². The number of nitrogens with one attached hydrogen (secondary N) is 1. The molecule has 0 spiro atoms. The standard InChI is InChI=1S/C24H31N3O2/c1-4-18-8-7-9-19(5-2)22(18)25-23(28)20-10-12-21(13-11-20)24(29)27-16-14-26(6-3)15-17-27/h7-13H,4-6,14-17H2,1-3H3,(H,25,28). The molecule has 1 aliphatic heterocycles. The highest BCUT2D eigenvalue weighted by molar-refractivity contribution is 6.05. The first-order valence-electron chi connectivity index (χ1n) is 10.6. The Balaban J connectivity index is 1.69. The summed E-state index contributed by atoms with van der Waals surface area (Å²) in [5.41, 5.74) is 4.38. The van der Waals surface area contributed by atoms with E-state index in [0.717, 1.165) is 62.4 Å². The highest BCUT2D eigenvalue weighted by Gasteiger charge is 2.21. The van der Waals surface area contributed by atoms with Gasteiger partial charge in [-0.25, -0.2) is 0 Å². The van der Waals surface area contributed by atoms with Crippen LogP contribution in [0.15, 0.2) is 42.5 Å². The fourth-order valence-electron chi connectivity index (χ4n) is 3.80. The highest BCUT2D eigenvalue weighted by atomic mass is 16.2. The highest BCUT2D eigenvalue weighted by Crippen LogP contribution is 2.23. The number of nitrogens with zero attached hydrogens (tertiary/aromatic N) is 2. The molecule has 1 saturated heterocycles. The van der Waals surface area contributed by atoms with Gasteiger partial charge in [0.2, 0.25) is 0 Å². The fourth-order valence-corrected chi connectivity index (χ4v) is 3.80. The van der Waals surface area contributed by atoms with Gasteiger partial charge in [0.15, 0.2) is 0 Å². The van der Waals surface area contributed by atoms with Crippen molar-refractivity contribution in [3.63, 3.8) is 0 Å². The van der Waals surface area contributed by atoms with E-state index in [-0.39, 0.29) is 11.8 Å². The number of piperazine rings is 1.